The predicted molar refractivity (Wildman–Crippen MR) is 136 cm³/mol. The highest BCUT2D eigenvalue weighted by Gasteiger charge is 2.15. The van der Waals surface area contributed by atoms with Gasteiger partial charge < -0.3 is 15.4 Å². The van der Waals surface area contributed by atoms with E-state index in [-0.39, 0.29) is 30.5 Å². The van der Waals surface area contributed by atoms with Crippen molar-refractivity contribution >= 4 is 46.0 Å². The molecule has 0 aliphatic rings. The Morgan fingerprint density at radius 2 is 1.94 bits per heavy atom. The zero-order valence-corrected chi connectivity index (χ0v) is 22.0. The summed E-state index contributed by atoms with van der Waals surface area (Å²) >= 11 is 5.08. The maximum absolute atomic E-state index is 12.1. The van der Waals surface area contributed by atoms with E-state index in [2.05, 4.69) is 42.1 Å². The van der Waals surface area contributed by atoms with Crippen molar-refractivity contribution in [3.8, 4) is 11.4 Å². The van der Waals surface area contributed by atoms with Crippen molar-refractivity contribution in [3.05, 3.63) is 58.6 Å². The number of thioether (sulfide) groups is 1. The van der Waals surface area contributed by atoms with E-state index in [4.69, 9.17) is 4.74 Å². The van der Waals surface area contributed by atoms with Crippen LogP contribution in [-0.4, -0.2) is 50.6 Å². The first kappa shape index (κ1) is 27.1. The fraction of sp³-hybridized carbons (Fsp3) is 0.364. The van der Waals surface area contributed by atoms with Crippen LogP contribution in [0.2, 0.25) is 0 Å². The normalized spacial score (nSPS) is 11.0. The van der Waals surface area contributed by atoms with Gasteiger partial charge in [-0.2, -0.15) is 4.68 Å². The molecule has 11 heteroatoms. The lowest BCUT2D eigenvalue weighted by Gasteiger charge is -2.21. The van der Waals surface area contributed by atoms with E-state index in [1.165, 1.54) is 0 Å². The van der Waals surface area contributed by atoms with Crippen LogP contribution < -0.4 is 15.4 Å². The molecule has 178 valence electrons. The van der Waals surface area contributed by atoms with E-state index < -0.39 is 0 Å². The smallest absolute Gasteiger partial charge is 0.258 e. The first-order chi connectivity index (χ1) is 15.3. The van der Waals surface area contributed by atoms with Crippen LogP contribution in [0.5, 0.6) is 5.75 Å². The third-order valence-electron chi connectivity index (χ3n) is 4.16. The summed E-state index contributed by atoms with van der Waals surface area (Å²) < 4.78 is 8.46. The van der Waals surface area contributed by atoms with Gasteiger partial charge in [-0.25, -0.2) is 0 Å². The number of nitrogens with one attached hydrogen (secondary N) is 2. The second-order valence-electron chi connectivity index (χ2n) is 8.07. The molecule has 0 spiro atoms. The van der Waals surface area contributed by atoms with Crippen LogP contribution >= 0.6 is 40.1 Å². The highest BCUT2D eigenvalue weighted by Crippen LogP contribution is 2.23. The van der Waals surface area contributed by atoms with Crippen molar-refractivity contribution in [2.75, 3.05) is 18.9 Å². The maximum Gasteiger partial charge on any atom is 0.258 e. The van der Waals surface area contributed by atoms with Crippen molar-refractivity contribution in [2.45, 2.75) is 38.0 Å². The second kappa shape index (κ2) is 12.9. The Labute approximate surface area is 212 Å². The fourth-order valence-electron chi connectivity index (χ4n) is 2.86. The number of para-hydroxylation sites is 1. The van der Waals surface area contributed by atoms with Gasteiger partial charge in [-0.3, -0.25) is 4.79 Å². The van der Waals surface area contributed by atoms with Gasteiger partial charge in [0.2, 0.25) is 5.16 Å². The van der Waals surface area contributed by atoms with Gasteiger partial charge in [-0.05, 0) is 61.5 Å². The number of rotatable bonds is 10. The number of benzene rings is 2. The number of tetrazole rings is 1. The molecule has 0 saturated carbocycles. The molecule has 0 unspecified atom stereocenters. The standard InChI is InChI=1S/C22H27BrN6O2S.ClH/c1-22(2,3)25-20(30)15-31-19-10-9-17(23)13-16(19)14-24-11-12-32-21-26-27-28-29(21)18-7-5-4-6-8-18;/h4-10,13,24H,11-12,14-15H2,1-3H3,(H,25,30);1H. The van der Waals surface area contributed by atoms with E-state index in [0.29, 0.717) is 12.3 Å². The third-order valence-corrected chi connectivity index (χ3v) is 5.58. The monoisotopic (exact) mass is 554 g/mol. The molecule has 2 aromatic carbocycles. The van der Waals surface area contributed by atoms with E-state index in [1.807, 2.05) is 69.3 Å². The van der Waals surface area contributed by atoms with E-state index in [0.717, 1.165) is 33.2 Å². The molecule has 3 rings (SSSR count). The number of hydrogen-bond donors (Lipinski definition) is 2. The molecule has 0 saturated heterocycles. The van der Waals surface area contributed by atoms with Crippen molar-refractivity contribution < 1.29 is 9.53 Å². The maximum atomic E-state index is 12.1. The van der Waals surface area contributed by atoms with Crippen molar-refractivity contribution in [2.24, 2.45) is 0 Å². The molecular formula is C22H28BrClN6O2S. The Morgan fingerprint density at radius 1 is 1.18 bits per heavy atom. The second-order valence-corrected chi connectivity index (χ2v) is 10.1. The van der Waals surface area contributed by atoms with Crippen molar-refractivity contribution in [1.82, 2.24) is 30.8 Å². The van der Waals surface area contributed by atoms with Crippen LogP contribution in [0.4, 0.5) is 0 Å². The molecule has 0 aliphatic carbocycles. The number of hydrogen-bond acceptors (Lipinski definition) is 7. The van der Waals surface area contributed by atoms with Gasteiger partial charge in [-0.15, -0.1) is 17.5 Å². The molecular weight excluding hydrogens is 528 g/mol. The molecule has 0 bridgehead atoms. The molecule has 0 fully saturated rings. The van der Waals surface area contributed by atoms with E-state index >= 15 is 0 Å². The molecule has 0 aliphatic heterocycles. The molecule has 8 nitrogen and oxygen atoms in total. The third kappa shape index (κ3) is 8.96. The van der Waals surface area contributed by atoms with Crippen LogP contribution in [0.3, 0.4) is 0 Å². The van der Waals surface area contributed by atoms with Gasteiger partial charge >= 0.3 is 0 Å². The summed E-state index contributed by atoms with van der Waals surface area (Å²) in [6.45, 7) is 7.16. The quantitative estimate of drug-likeness (QED) is 0.288. The molecule has 0 radical (unpaired) electrons. The number of aromatic nitrogens is 4. The highest BCUT2D eigenvalue weighted by atomic mass is 79.9. The van der Waals surface area contributed by atoms with Gasteiger partial charge in [0, 0.05) is 34.4 Å². The Balaban J connectivity index is 0.00000385. The number of carbonyl (C=O) groups is 1. The largest absolute Gasteiger partial charge is 0.483 e. The van der Waals surface area contributed by atoms with Gasteiger partial charge in [0.1, 0.15) is 5.75 Å². The summed E-state index contributed by atoms with van der Waals surface area (Å²) in [4.78, 5) is 12.1. The molecule has 3 aromatic rings. The first-order valence-corrected chi connectivity index (χ1v) is 12.0. The zero-order valence-electron chi connectivity index (χ0n) is 18.7. The molecule has 1 aromatic heterocycles. The number of halogens is 2. The number of carbonyl (C=O) groups excluding carboxylic acids is 1. The van der Waals surface area contributed by atoms with Gasteiger partial charge in [-0.1, -0.05) is 45.9 Å². The van der Waals surface area contributed by atoms with Gasteiger partial charge in [0.15, 0.2) is 6.61 Å². The van der Waals surface area contributed by atoms with Crippen molar-refractivity contribution in [1.29, 1.82) is 0 Å². The van der Waals surface area contributed by atoms with Crippen LogP contribution in [0, 0.1) is 0 Å². The lowest BCUT2D eigenvalue weighted by molar-refractivity contribution is -0.124. The summed E-state index contributed by atoms with van der Waals surface area (Å²) in [6.07, 6.45) is 0. The SMILES string of the molecule is CC(C)(C)NC(=O)COc1ccc(Br)cc1CNCCSc1nnnn1-c1ccccc1.Cl. The number of nitrogens with zero attached hydrogens (tertiary/aromatic N) is 4. The molecule has 1 heterocycles. The van der Waals surface area contributed by atoms with E-state index in [9.17, 15) is 4.79 Å². The molecule has 1 amide bonds. The first-order valence-electron chi connectivity index (χ1n) is 10.2. The Bertz CT molecular complexity index is 1030. The van der Waals surface area contributed by atoms with Gasteiger partial charge in [0.05, 0.1) is 5.69 Å². The molecule has 33 heavy (non-hydrogen) atoms. The van der Waals surface area contributed by atoms with Crippen LogP contribution in [-0.2, 0) is 11.3 Å². The van der Waals surface area contributed by atoms with Gasteiger partial charge in [0.25, 0.3) is 5.91 Å². The lowest BCUT2D eigenvalue weighted by atomic mass is 10.1. The van der Waals surface area contributed by atoms with Crippen molar-refractivity contribution in [3.63, 3.8) is 0 Å². The molecule has 2 N–H and O–H groups in total. The Hall–Kier alpha value is -2.14. The average Bonchev–Trinajstić information content (AvgIpc) is 3.21. The number of ether oxygens (including phenoxy) is 1. The topological polar surface area (TPSA) is 94.0 Å². The van der Waals surface area contributed by atoms with E-state index in [1.54, 1.807) is 16.4 Å². The lowest BCUT2D eigenvalue weighted by Crippen LogP contribution is -2.43. The summed E-state index contributed by atoms with van der Waals surface area (Å²) in [5.74, 6) is 1.34. The Morgan fingerprint density at radius 3 is 2.67 bits per heavy atom. The predicted octanol–water partition coefficient (Wildman–Crippen LogP) is 4.02. The highest BCUT2D eigenvalue weighted by molar-refractivity contribution is 9.10. The summed E-state index contributed by atoms with van der Waals surface area (Å²) in [5, 5.41) is 19.0. The fourth-order valence-corrected chi connectivity index (χ4v) is 4.06. The summed E-state index contributed by atoms with van der Waals surface area (Å²) in [6, 6.07) is 15.6. The molecule has 0 atom stereocenters. The zero-order chi connectivity index (χ0) is 23.0. The minimum atomic E-state index is -0.289. The summed E-state index contributed by atoms with van der Waals surface area (Å²) in [5.41, 5.74) is 1.61. The number of amides is 1. The Kier molecular flexibility index (Phi) is 10.6. The minimum Gasteiger partial charge on any atom is -0.483 e. The van der Waals surface area contributed by atoms with Crippen LogP contribution in [0.1, 0.15) is 26.3 Å². The van der Waals surface area contributed by atoms with Crippen LogP contribution in [0.25, 0.3) is 5.69 Å². The average molecular weight is 556 g/mol. The van der Waals surface area contributed by atoms with Crippen LogP contribution in [0.15, 0.2) is 58.2 Å². The summed E-state index contributed by atoms with van der Waals surface area (Å²) in [7, 11) is 0. The minimum absolute atomic E-state index is 0.